The third-order valence-corrected chi connectivity index (χ3v) is 4.38. The standard InChI is InChI=1S/C16H30N4/c1-5-8-15-10-17-14(6-2)11-19(15)12-16-9-13(4)18-20(16)7-3/h9,14-15,17H,5-8,10-12H2,1-4H3. The van der Waals surface area contributed by atoms with Crippen molar-refractivity contribution in [2.75, 3.05) is 13.1 Å². The van der Waals surface area contributed by atoms with Crippen molar-refractivity contribution in [2.45, 2.75) is 72.1 Å². The summed E-state index contributed by atoms with van der Waals surface area (Å²) in [5.41, 5.74) is 2.50. The quantitative estimate of drug-likeness (QED) is 0.868. The van der Waals surface area contributed by atoms with Crippen LogP contribution in [0.5, 0.6) is 0 Å². The molecule has 4 nitrogen and oxygen atoms in total. The van der Waals surface area contributed by atoms with Gasteiger partial charge in [0, 0.05) is 38.3 Å². The molecule has 2 rings (SSSR count). The van der Waals surface area contributed by atoms with Crippen LogP contribution in [0.25, 0.3) is 0 Å². The van der Waals surface area contributed by atoms with Gasteiger partial charge in [-0.1, -0.05) is 20.3 Å². The number of aromatic nitrogens is 2. The summed E-state index contributed by atoms with van der Waals surface area (Å²) in [6.07, 6.45) is 3.75. The first-order valence-corrected chi connectivity index (χ1v) is 8.18. The van der Waals surface area contributed by atoms with Gasteiger partial charge in [0.15, 0.2) is 0 Å². The number of aryl methyl sites for hydroxylation is 2. The van der Waals surface area contributed by atoms with E-state index in [9.17, 15) is 0 Å². The fourth-order valence-electron chi connectivity index (χ4n) is 3.22. The number of piperazine rings is 1. The molecule has 0 bridgehead atoms. The second kappa shape index (κ2) is 7.23. The van der Waals surface area contributed by atoms with Crippen LogP contribution in [-0.4, -0.2) is 39.9 Å². The van der Waals surface area contributed by atoms with Crippen molar-refractivity contribution < 1.29 is 0 Å². The summed E-state index contributed by atoms with van der Waals surface area (Å²) < 4.78 is 2.15. The summed E-state index contributed by atoms with van der Waals surface area (Å²) >= 11 is 0. The molecule has 1 fully saturated rings. The van der Waals surface area contributed by atoms with Crippen molar-refractivity contribution in [3.8, 4) is 0 Å². The molecule has 2 heterocycles. The van der Waals surface area contributed by atoms with Crippen LogP contribution < -0.4 is 5.32 Å². The van der Waals surface area contributed by atoms with E-state index in [1.807, 2.05) is 0 Å². The topological polar surface area (TPSA) is 33.1 Å². The summed E-state index contributed by atoms with van der Waals surface area (Å²) in [6, 6.07) is 3.56. The Bertz CT molecular complexity index is 413. The van der Waals surface area contributed by atoms with E-state index in [1.165, 1.54) is 25.0 Å². The van der Waals surface area contributed by atoms with Crippen LogP contribution in [0.2, 0.25) is 0 Å². The smallest absolute Gasteiger partial charge is 0.0597 e. The first kappa shape index (κ1) is 15.5. The van der Waals surface area contributed by atoms with Gasteiger partial charge in [0.05, 0.1) is 11.4 Å². The molecule has 4 heteroatoms. The first-order chi connectivity index (χ1) is 9.67. The van der Waals surface area contributed by atoms with E-state index in [4.69, 9.17) is 0 Å². The van der Waals surface area contributed by atoms with Crippen molar-refractivity contribution in [1.82, 2.24) is 20.0 Å². The fourth-order valence-corrected chi connectivity index (χ4v) is 3.22. The third-order valence-electron chi connectivity index (χ3n) is 4.38. The first-order valence-electron chi connectivity index (χ1n) is 8.18. The second-order valence-electron chi connectivity index (χ2n) is 5.98. The van der Waals surface area contributed by atoms with Gasteiger partial charge in [-0.05, 0) is 32.8 Å². The molecular formula is C16H30N4. The number of rotatable bonds is 6. The lowest BCUT2D eigenvalue weighted by molar-refractivity contribution is 0.110. The summed E-state index contributed by atoms with van der Waals surface area (Å²) in [7, 11) is 0. The number of hydrogen-bond acceptors (Lipinski definition) is 3. The Morgan fingerprint density at radius 2 is 2.15 bits per heavy atom. The molecule has 1 saturated heterocycles. The monoisotopic (exact) mass is 278 g/mol. The normalized spacial score (nSPS) is 24.2. The van der Waals surface area contributed by atoms with Crippen molar-refractivity contribution in [1.29, 1.82) is 0 Å². The highest BCUT2D eigenvalue weighted by molar-refractivity contribution is 5.09. The Morgan fingerprint density at radius 1 is 1.35 bits per heavy atom. The van der Waals surface area contributed by atoms with Crippen molar-refractivity contribution in [2.24, 2.45) is 0 Å². The van der Waals surface area contributed by atoms with Crippen molar-refractivity contribution >= 4 is 0 Å². The maximum absolute atomic E-state index is 4.58. The van der Waals surface area contributed by atoms with Gasteiger partial charge in [0.25, 0.3) is 0 Å². The molecule has 0 saturated carbocycles. The predicted molar refractivity (Wildman–Crippen MR) is 83.8 cm³/mol. The summed E-state index contributed by atoms with van der Waals surface area (Å²) in [5, 5.41) is 8.27. The van der Waals surface area contributed by atoms with Crippen LogP contribution in [0.15, 0.2) is 6.07 Å². The van der Waals surface area contributed by atoms with Gasteiger partial charge in [-0.3, -0.25) is 9.58 Å². The maximum Gasteiger partial charge on any atom is 0.0597 e. The summed E-state index contributed by atoms with van der Waals surface area (Å²) in [5.74, 6) is 0. The van der Waals surface area contributed by atoms with Gasteiger partial charge in [-0.15, -0.1) is 0 Å². The summed E-state index contributed by atoms with van der Waals surface area (Å²) in [4.78, 5) is 2.66. The Morgan fingerprint density at radius 3 is 2.80 bits per heavy atom. The largest absolute Gasteiger partial charge is 0.311 e. The van der Waals surface area contributed by atoms with Crippen LogP contribution in [0, 0.1) is 6.92 Å². The minimum absolute atomic E-state index is 0.641. The molecule has 1 aromatic heterocycles. The second-order valence-corrected chi connectivity index (χ2v) is 5.98. The molecule has 0 aliphatic carbocycles. The Labute approximate surface area is 123 Å². The molecule has 0 radical (unpaired) electrons. The molecule has 1 N–H and O–H groups in total. The van der Waals surface area contributed by atoms with Gasteiger partial charge >= 0.3 is 0 Å². The molecule has 2 atom stereocenters. The highest BCUT2D eigenvalue weighted by Crippen LogP contribution is 2.18. The Kier molecular flexibility index (Phi) is 5.61. The highest BCUT2D eigenvalue weighted by Gasteiger charge is 2.27. The molecule has 1 aliphatic heterocycles. The minimum atomic E-state index is 0.641. The zero-order valence-electron chi connectivity index (χ0n) is 13.5. The van der Waals surface area contributed by atoms with Gasteiger partial charge < -0.3 is 5.32 Å². The molecule has 0 spiro atoms. The van der Waals surface area contributed by atoms with Gasteiger partial charge in [0.2, 0.25) is 0 Å². The van der Waals surface area contributed by atoms with Crippen molar-refractivity contribution in [3.05, 3.63) is 17.5 Å². The van der Waals surface area contributed by atoms with Crippen LogP contribution in [0.3, 0.4) is 0 Å². The lowest BCUT2D eigenvalue weighted by Gasteiger charge is -2.40. The van der Waals surface area contributed by atoms with E-state index in [-0.39, 0.29) is 0 Å². The van der Waals surface area contributed by atoms with E-state index in [1.54, 1.807) is 0 Å². The predicted octanol–water partition coefficient (Wildman–Crippen LogP) is 2.56. The summed E-state index contributed by atoms with van der Waals surface area (Å²) in [6.45, 7) is 13.1. The Balaban J connectivity index is 2.09. The molecule has 20 heavy (non-hydrogen) atoms. The zero-order chi connectivity index (χ0) is 14.5. The number of nitrogens with one attached hydrogen (secondary N) is 1. The molecule has 1 aromatic rings. The molecule has 1 aliphatic rings. The maximum atomic E-state index is 4.58. The van der Waals surface area contributed by atoms with E-state index >= 15 is 0 Å². The van der Waals surface area contributed by atoms with Gasteiger partial charge in [-0.2, -0.15) is 5.10 Å². The van der Waals surface area contributed by atoms with Gasteiger partial charge in [0.1, 0.15) is 0 Å². The fraction of sp³-hybridized carbons (Fsp3) is 0.812. The van der Waals surface area contributed by atoms with Gasteiger partial charge in [-0.25, -0.2) is 0 Å². The average molecular weight is 278 g/mol. The average Bonchev–Trinajstić information content (AvgIpc) is 2.81. The molecule has 0 aromatic carbocycles. The number of hydrogen-bond donors (Lipinski definition) is 1. The lowest BCUT2D eigenvalue weighted by atomic mass is 10.0. The van der Waals surface area contributed by atoms with Crippen molar-refractivity contribution in [3.63, 3.8) is 0 Å². The third kappa shape index (κ3) is 3.61. The molecular weight excluding hydrogens is 248 g/mol. The van der Waals surface area contributed by atoms with E-state index in [0.29, 0.717) is 12.1 Å². The van der Waals surface area contributed by atoms with Crippen LogP contribution >= 0.6 is 0 Å². The van der Waals surface area contributed by atoms with E-state index in [0.717, 1.165) is 31.9 Å². The van der Waals surface area contributed by atoms with Crippen LogP contribution in [-0.2, 0) is 13.1 Å². The highest BCUT2D eigenvalue weighted by atomic mass is 15.3. The number of nitrogens with zero attached hydrogens (tertiary/aromatic N) is 3. The lowest BCUT2D eigenvalue weighted by Crippen LogP contribution is -2.55. The minimum Gasteiger partial charge on any atom is -0.311 e. The molecule has 114 valence electrons. The van der Waals surface area contributed by atoms with Crippen LogP contribution in [0.1, 0.15) is 51.4 Å². The SMILES string of the molecule is CCCC1CNC(CC)CN1Cc1cc(C)nn1CC. The van der Waals surface area contributed by atoms with E-state index in [2.05, 4.69) is 53.8 Å². The van der Waals surface area contributed by atoms with E-state index < -0.39 is 0 Å². The molecule has 0 amide bonds. The zero-order valence-corrected chi connectivity index (χ0v) is 13.5. The molecule has 2 unspecified atom stereocenters. The Hall–Kier alpha value is -0.870. The van der Waals surface area contributed by atoms with Crippen LogP contribution in [0.4, 0.5) is 0 Å².